The molecular weight excluding hydrogens is 192 g/mol. The highest BCUT2D eigenvalue weighted by molar-refractivity contribution is 5.29. The van der Waals surface area contributed by atoms with Crippen LogP contribution in [0.4, 0.5) is 0 Å². The molecule has 0 fully saturated rings. The van der Waals surface area contributed by atoms with Gasteiger partial charge in [-0.3, -0.25) is 5.84 Å². The number of nitrogens with one attached hydrogen (secondary N) is 1. The van der Waals surface area contributed by atoms with E-state index in [1.165, 1.54) is 6.33 Å². The Bertz CT molecular complexity index is 426. The highest BCUT2D eigenvalue weighted by Crippen LogP contribution is 2.23. The summed E-state index contributed by atoms with van der Waals surface area (Å²) in [5, 5.41) is 0. The lowest BCUT2D eigenvalue weighted by molar-refractivity contribution is 0.519. The van der Waals surface area contributed by atoms with Gasteiger partial charge in [0.2, 0.25) is 0 Å². The zero-order valence-corrected chi connectivity index (χ0v) is 8.34. The quantitative estimate of drug-likeness (QED) is 0.574. The van der Waals surface area contributed by atoms with E-state index < -0.39 is 0 Å². The number of aryl methyl sites for hydroxylation is 1. The van der Waals surface area contributed by atoms with Gasteiger partial charge in [0.15, 0.2) is 0 Å². The van der Waals surface area contributed by atoms with Crippen molar-refractivity contribution in [1.29, 1.82) is 0 Å². The summed E-state index contributed by atoms with van der Waals surface area (Å²) in [4.78, 5) is 7.91. The Balaban J connectivity index is 2.37. The molecule has 2 heterocycles. The third kappa shape index (κ3) is 1.88. The van der Waals surface area contributed by atoms with Crippen molar-refractivity contribution in [2.75, 3.05) is 0 Å². The van der Waals surface area contributed by atoms with Gasteiger partial charge < -0.3 is 4.42 Å². The van der Waals surface area contributed by atoms with E-state index in [-0.39, 0.29) is 6.04 Å². The van der Waals surface area contributed by atoms with Crippen LogP contribution < -0.4 is 11.3 Å². The highest BCUT2D eigenvalue weighted by atomic mass is 16.3. The topological polar surface area (TPSA) is 77.0 Å². The Hall–Kier alpha value is -1.72. The van der Waals surface area contributed by atoms with E-state index in [0.717, 1.165) is 16.9 Å². The molecule has 0 bridgehead atoms. The second-order valence-corrected chi connectivity index (χ2v) is 3.20. The van der Waals surface area contributed by atoms with Crippen LogP contribution in [0, 0.1) is 6.92 Å². The Morgan fingerprint density at radius 2 is 2.13 bits per heavy atom. The molecule has 15 heavy (non-hydrogen) atoms. The maximum absolute atomic E-state index is 5.52. The molecule has 78 valence electrons. The van der Waals surface area contributed by atoms with Crippen LogP contribution in [0.5, 0.6) is 0 Å². The number of nitrogens with zero attached hydrogens (tertiary/aromatic N) is 2. The average Bonchev–Trinajstić information content (AvgIpc) is 2.68. The Morgan fingerprint density at radius 3 is 2.67 bits per heavy atom. The first-order valence-electron chi connectivity index (χ1n) is 4.58. The van der Waals surface area contributed by atoms with Crippen molar-refractivity contribution in [1.82, 2.24) is 15.4 Å². The van der Waals surface area contributed by atoms with E-state index in [1.807, 2.05) is 13.0 Å². The third-order valence-corrected chi connectivity index (χ3v) is 2.29. The molecule has 0 amide bonds. The van der Waals surface area contributed by atoms with Crippen molar-refractivity contribution in [3.63, 3.8) is 0 Å². The smallest absolute Gasteiger partial charge is 0.115 e. The molecule has 2 aromatic heterocycles. The molecule has 0 spiro atoms. The van der Waals surface area contributed by atoms with E-state index in [9.17, 15) is 0 Å². The van der Waals surface area contributed by atoms with Gasteiger partial charge in [-0.1, -0.05) is 0 Å². The van der Waals surface area contributed by atoms with Crippen molar-refractivity contribution < 1.29 is 4.42 Å². The lowest BCUT2D eigenvalue weighted by Crippen LogP contribution is -2.29. The number of furan rings is 1. The van der Waals surface area contributed by atoms with Crippen molar-refractivity contribution in [2.24, 2.45) is 5.84 Å². The molecule has 1 atom stereocenters. The summed E-state index contributed by atoms with van der Waals surface area (Å²) in [7, 11) is 0. The maximum Gasteiger partial charge on any atom is 0.115 e. The van der Waals surface area contributed by atoms with Crippen LogP contribution >= 0.6 is 0 Å². The van der Waals surface area contributed by atoms with Crippen molar-refractivity contribution in [3.05, 3.63) is 47.9 Å². The van der Waals surface area contributed by atoms with Gasteiger partial charge in [-0.05, 0) is 13.0 Å². The summed E-state index contributed by atoms with van der Waals surface area (Å²) in [5.74, 6) is 6.35. The van der Waals surface area contributed by atoms with Crippen molar-refractivity contribution >= 4 is 0 Å². The molecule has 0 radical (unpaired) electrons. The van der Waals surface area contributed by atoms with E-state index in [1.54, 1.807) is 18.7 Å². The molecule has 3 N–H and O–H groups in total. The second kappa shape index (κ2) is 4.20. The largest absolute Gasteiger partial charge is 0.469 e. The monoisotopic (exact) mass is 204 g/mol. The van der Waals surface area contributed by atoms with E-state index in [0.29, 0.717) is 0 Å². The third-order valence-electron chi connectivity index (χ3n) is 2.29. The van der Waals surface area contributed by atoms with Gasteiger partial charge in [-0.25, -0.2) is 15.4 Å². The number of nitrogens with two attached hydrogens (primary N) is 1. The molecule has 1 unspecified atom stereocenters. The minimum atomic E-state index is -0.134. The minimum absolute atomic E-state index is 0.134. The number of hydrogen-bond acceptors (Lipinski definition) is 5. The van der Waals surface area contributed by atoms with Gasteiger partial charge in [0.25, 0.3) is 0 Å². The van der Waals surface area contributed by atoms with Crippen LogP contribution in [-0.2, 0) is 0 Å². The first kappa shape index (κ1) is 9.82. The summed E-state index contributed by atoms with van der Waals surface area (Å²) < 4.78 is 5.23. The lowest BCUT2D eigenvalue weighted by atomic mass is 10.0. The fraction of sp³-hybridized carbons (Fsp3) is 0.200. The van der Waals surface area contributed by atoms with Crippen LogP contribution in [0.2, 0.25) is 0 Å². The van der Waals surface area contributed by atoms with Crippen molar-refractivity contribution in [3.8, 4) is 0 Å². The number of hydrogen-bond donors (Lipinski definition) is 2. The van der Waals surface area contributed by atoms with Crippen LogP contribution in [-0.4, -0.2) is 9.97 Å². The summed E-state index contributed by atoms with van der Waals surface area (Å²) >= 11 is 0. The minimum Gasteiger partial charge on any atom is -0.469 e. The molecule has 0 aliphatic rings. The normalized spacial score (nSPS) is 12.7. The Morgan fingerprint density at radius 1 is 1.40 bits per heavy atom. The zero-order chi connectivity index (χ0) is 10.7. The Labute approximate surface area is 87.3 Å². The number of rotatable bonds is 3. The molecule has 0 aliphatic carbocycles. The van der Waals surface area contributed by atoms with Crippen LogP contribution in [0.15, 0.2) is 35.5 Å². The summed E-state index contributed by atoms with van der Waals surface area (Å²) in [6, 6.07) is 1.75. The van der Waals surface area contributed by atoms with Crippen molar-refractivity contribution in [2.45, 2.75) is 13.0 Å². The fourth-order valence-corrected chi connectivity index (χ4v) is 1.52. The number of aromatic nitrogens is 2. The molecule has 5 heteroatoms. The maximum atomic E-state index is 5.52. The average molecular weight is 204 g/mol. The molecule has 2 aromatic rings. The second-order valence-electron chi connectivity index (χ2n) is 3.20. The van der Waals surface area contributed by atoms with Gasteiger partial charge in [0.1, 0.15) is 12.1 Å². The first-order valence-corrected chi connectivity index (χ1v) is 4.58. The molecule has 0 aromatic carbocycles. The van der Waals surface area contributed by atoms with E-state index in [2.05, 4.69) is 15.4 Å². The molecular formula is C10H12N4O. The van der Waals surface area contributed by atoms with Gasteiger partial charge in [-0.15, -0.1) is 0 Å². The molecule has 5 nitrogen and oxygen atoms in total. The fourth-order valence-electron chi connectivity index (χ4n) is 1.52. The van der Waals surface area contributed by atoms with E-state index in [4.69, 9.17) is 10.3 Å². The molecule has 0 aliphatic heterocycles. The van der Waals surface area contributed by atoms with Gasteiger partial charge in [0, 0.05) is 23.5 Å². The van der Waals surface area contributed by atoms with E-state index >= 15 is 0 Å². The number of hydrazine groups is 1. The summed E-state index contributed by atoms with van der Waals surface area (Å²) in [6.07, 6.45) is 6.58. The molecule has 2 rings (SSSR count). The summed E-state index contributed by atoms with van der Waals surface area (Å²) in [6.45, 7) is 1.89. The van der Waals surface area contributed by atoms with Gasteiger partial charge >= 0.3 is 0 Å². The predicted molar refractivity (Wildman–Crippen MR) is 54.6 cm³/mol. The summed E-state index contributed by atoms with van der Waals surface area (Å²) in [5.41, 5.74) is 4.62. The van der Waals surface area contributed by atoms with Gasteiger partial charge in [-0.2, -0.15) is 0 Å². The lowest BCUT2D eigenvalue weighted by Gasteiger charge is -2.14. The van der Waals surface area contributed by atoms with Crippen LogP contribution in [0.3, 0.4) is 0 Å². The molecule has 0 saturated carbocycles. The standard InChI is InChI=1S/C10H12N4O/c1-7-9(2-3-15-7)10(14-11)8-4-12-6-13-5-8/h2-6,10,14H,11H2,1H3. The first-order chi connectivity index (χ1) is 7.33. The zero-order valence-electron chi connectivity index (χ0n) is 8.34. The predicted octanol–water partition coefficient (Wildman–Crippen LogP) is 0.931. The molecule has 0 saturated heterocycles. The highest BCUT2D eigenvalue weighted by Gasteiger charge is 2.16. The SMILES string of the molecule is Cc1occc1C(NN)c1cncnc1. The van der Waals surface area contributed by atoms with Gasteiger partial charge in [0.05, 0.1) is 12.3 Å². The van der Waals surface area contributed by atoms with Crippen LogP contribution in [0.25, 0.3) is 0 Å². The Kier molecular flexibility index (Phi) is 2.75. The van der Waals surface area contributed by atoms with Crippen LogP contribution in [0.1, 0.15) is 22.9 Å².